The van der Waals surface area contributed by atoms with Crippen molar-refractivity contribution in [3.63, 3.8) is 0 Å². The molecule has 0 aromatic heterocycles. The number of ether oxygens (including phenoxy) is 1. The van der Waals surface area contributed by atoms with Crippen LogP contribution in [0.5, 0.6) is 0 Å². The fourth-order valence-electron chi connectivity index (χ4n) is 2.18. The molecule has 0 radical (unpaired) electrons. The van der Waals surface area contributed by atoms with Gasteiger partial charge in [0.15, 0.2) is 0 Å². The molecule has 1 atom stereocenters. The van der Waals surface area contributed by atoms with Crippen LogP contribution in [0.25, 0.3) is 0 Å². The zero-order valence-electron chi connectivity index (χ0n) is 12.4. The SMILES string of the molecule is COCCN(CCC(CN)CC(C)C)C(C)C. The van der Waals surface area contributed by atoms with Gasteiger partial charge in [-0.15, -0.1) is 0 Å². The zero-order chi connectivity index (χ0) is 13.3. The Morgan fingerprint density at radius 2 is 1.76 bits per heavy atom. The minimum atomic E-state index is 0.586. The maximum atomic E-state index is 5.84. The first-order valence-electron chi connectivity index (χ1n) is 6.94. The predicted molar refractivity (Wildman–Crippen MR) is 75.2 cm³/mol. The molecule has 0 saturated carbocycles. The van der Waals surface area contributed by atoms with Crippen molar-refractivity contribution < 1.29 is 4.74 Å². The first-order chi connectivity index (χ1) is 8.01. The highest BCUT2D eigenvalue weighted by Gasteiger charge is 2.13. The summed E-state index contributed by atoms with van der Waals surface area (Å²) in [7, 11) is 1.76. The van der Waals surface area contributed by atoms with Gasteiger partial charge in [-0.2, -0.15) is 0 Å². The van der Waals surface area contributed by atoms with Crippen molar-refractivity contribution in [1.29, 1.82) is 0 Å². The summed E-state index contributed by atoms with van der Waals surface area (Å²) >= 11 is 0. The summed E-state index contributed by atoms with van der Waals surface area (Å²) in [6.45, 7) is 12.8. The van der Waals surface area contributed by atoms with Crippen LogP contribution in [-0.4, -0.2) is 44.3 Å². The van der Waals surface area contributed by atoms with E-state index in [1.807, 2.05) is 0 Å². The quantitative estimate of drug-likeness (QED) is 0.641. The Morgan fingerprint density at radius 3 is 2.18 bits per heavy atom. The van der Waals surface area contributed by atoms with Crippen LogP contribution in [0.4, 0.5) is 0 Å². The van der Waals surface area contributed by atoms with Crippen LogP contribution in [0.1, 0.15) is 40.5 Å². The average Bonchev–Trinajstić information content (AvgIpc) is 2.26. The van der Waals surface area contributed by atoms with Gasteiger partial charge in [-0.3, -0.25) is 4.90 Å². The molecule has 0 spiro atoms. The van der Waals surface area contributed by atoms with Crippen LogP contribution in [0, 0.1) is 11.8 Å². The zero-order valence-corrected chi connectivity index (χ0v) is 12.4. The van der Waals surface area contributed by atoms with Crippen molar-refractivity contribution in [2.24, 2.45) is 17.6 Å². The number of methoxy groups -OCH3 is 1. The summed E-state index contributed by atoms with van der Waals surface area (Å²) in [5.41, 5.74) is 5.84. The van der Waals surface area contributed by atoms with Crippen LogP contribution in [0.2, 0.25) is 0 Å². The molecule has 104 valence electrons. The fourth-order valence-corrected chi connectivity index (χ4v) is 2.18. The van der Waals surface area contributed by atoms with Crippen LogP contribution < -0.4 is 5.73 Å². The minimum absolute atomic E-state index is 0.586. The van der Waals surface area contributed by atoms with E-state index in [-0.39, 0.29) is 0 Å². The van der Waals surface area contributed by atoms with E-state index in [1.165, 1.54) is 12.8 Å². The highest BCUT2D eigenvalue weighted by atomic mass is 16.5. The molecule has 0 bridgehead atoms. The van der Waals surface area contributed by atoms with Gasteiger partial charge in [0.2, 0.25) is 0 Å². The number of rotatable bonds is 10. The molecule has 0 aliphatic heterocycles. The van der Waals surface area contributed by atoms with Crippen LogP contribution in [-0.2, 0) is 4.74 Å². The Hall–Kier alpha value is -0.120. The van der Waals surface area contributed by atoms with Gasteiger partial charge >= 0.3 is 0 Å². The molecular weight excluding hydrogens is 212 g/mol. The molecule has 0 aliphatic rings. The van der Waals surface area contributed by atoms with Crippen LogP contribution in [0.3, 0.4) is 0 Å². The van der Waals surface area contributed by atoms with E-state index in [9.17, 15) is 0 Å². The van der Waals surface area contributed by atoms with Crippen LogP contribution in [0.15, 0.2) is 0 Å². The second kappa shape index (κ2) is 9.86. The highest BCUT2D eigenvalue weighted by molar-refractivity contribution is 4.68. The van der Waals surface area contributed by atoms with Crippen molar-refractivity contribution in [1.82, 2.24) is 4.90 Å². The summed E-state index contributed by atoms with van der Waals surface area (Å²) in [4.78, 5) is 2.48. The lowest BCUT2D eigenvalue weighted by Crippen LogP contribution is -2.36. The summed E-state index contributed by atoms with van der Waals surface area (Å²) in [6, 6.07) is 0.586. The van der Waals surface area contributed by atoms with E-state index in [4.69, 9.17) is 10.5 Å². The average molecular weight is 244 g/mol. The van der Waals surface area contributed by atoms with Gasteiger partial charge in [-0.25, -0.2) is 0 Å². The van der Waals surface area contributed by atoms with E-state index in [0.717, 1.165) is 32.2 Å². The van der Waals surface area contributed by atoms with Gasteiger partial charge in [0.05, 0.1) is 6.61 Å². The molecule has 0 aromatic rings. The molecule has 0 amide bonds. The second-order valence-corrected chi connectivity index (χ2v) is 5.64. The fraction of sp³-hybridized carbons (Fsp3) is 1.00. The highest BCUT2D eigenvalue weighted by Crippen LogP contribution is 2.15. The minimum Gasteiger partial charge on any atom is -0.383 e. The molecular formula is C14H32N2O. The smallest absolute Gasteiger partial charge is 0.0589 e. The van der Waals surface area contributed by atoms with Gasteiger partial charge in [-0.1, -0.05) is 13.8 Å². The Bertz CT molecular complexity index is 172. The van der Waals surface area contributed by atoms with E-state index < -0.39 is 0 Å². The second-order valence-electron chi connectivity index (χ2n) is 5.64. The van der Waals surface area contributed by atoms with Gasteiger partial charge in [0.25, 0.3) is 0 Å². The lowest BCUT2D eigenvalue weighted by molar-refractivity contribution is 0.123. The van der Waals surface area contributed by atoms with E-state index in [0.29, 0.717) is 12.0 Å². The molecule has 3 heteroatoms. The maximum absolute atomic E-state index is 5.84. The van der Waals surface area contributed by atoms with Crippen molar-refractivity contribution >= 4 is 0 Å². The first-order valence-corrected chi connectivity index (χ1v) is 6.94. The lowest BCUT2D eigenvalue weighted by atomic mass is 9.94. The number of nitrogens with two attached hydrogens (primary N) is 1. The summed E-state index contributed by atoms with van der Waals surface area (Å²) < 4.78 is 5.15. The standard InChI is InChI=1S/C14H32N2O/c1-12(2)10-14(11-15)6-7-16(13(3)4)8-9-17-5/h12-14H,6-11,15H2,1-5H3. The van der Waals surface area contributed by atoms with Gasteiger partial charge in [0.1, 0.15) is 0 Å². The normalized spacial score (nSPS) is 13.9. The van der Waals surface area contributed by atoms with Crippen molar-refractivity contribution in [3.8, 4) is 0 Å². The molecule has 0 rings (SSSR count). The maximum Gasteiger partial charge on any atom is 0.0589 e. The number of nitrogens with zero attached hydrogens (tertiary/aromatic N) is 1. The van der Waals surface area contributed by atoms with Gasteiger partial charge in [0, 0.05) is 19.7 Å². The molecule has 0 saturated heterocycles. The number of hydrogen-bond acceptors (Lipinski definition) is 3. The molecule has 0 aromatic carbocycles. The van der Waals surface area contributed by atoms with Gasteiger partial charge < -0.3 is 10.5 Å². The van der Waals surface area contributed by atoms with Gasteiger partial charge in [-0.05, 0) is 51.6 Å². The van der Waals surface area contributed by atoms with E-state index in [2.05, 4.69) is 32.6 Å². The van der Waals surface area contributed by atoms with Crippen molar-refractivity contribution in [2.75, 3.05) is 33.4 Å². The van der Waals surface area contributed by atoms with E-state index >= 15 is 0 Å². The topological polar surface area (TPSA) is 38.5 Å². The van der Waals surface area contributed by atoms with Crippen molar-refractivity contribution in [2.45, 2.75) is 46.6 Å². The van der Waals surface area contributed by atoms with Crippen molar-refractivity contribution in [3.05, 3.63) is 0 Å². The Labute approximate surface area is 108 Å². The Kier molecular flexibility index (Phi) is 9.79. The molecule has 3 nitrogen and oxygen atoms in total. The third-order valence-electron chi connectivity index (χ3n) is 3.28. The molecule has 0 aliphatic carbocycles. The summed E-state index contributed by atoms with van der Waals surface area (Å²) in [5.74, 6) is 1.41. The number of hydrogen-bond donors (Lipinski definition) is 1. The molecule has 0 heterocycles. The Morgan fingerprint density at radius 1 is 1.12 bits per heavy atom. The molecule has 1 unspecified atom stereocenters. The summed E-state index contributed by atoms with van der Waals surface area (Å²) in [5, 5.41) is 0. The Balaban J connectivity index is 3.99. The lowest BCUT2D eigenvalue weighted by Gasteiger charge is -2.28. The molecule has 17 heavy (non-hydrogen) atoms. The van der Waals surface area contributed by atoms with Crippen LogP contribution >= 0.6 is 0 Å². The monoisotopic (exact) mass is 244 g/mol. The largest absolute Gasteiger partial charge is 0.383 e. The van der Waals surface area contributed by atoms with E-state index in [1.54, 1.807) is 7.11 Å². The molecule has 0 fully saturated rings. The summed E-state index contributed by atoms with van der Waals surface area (Å²) in [6.07, 6.45) is 2.45. The predicted octanol–water partition coefficient (Wildman–Crippen LogP) is 2.35. The third kappa shape index (κ3) is 8.58. The molecule has 2 N–H and O–H groups in total. The third-order valence-corrected chi connectivity index (χ3v) is 3.28. The first kappa shape index (κ1) is 16.9.